The molecule has 0 spiro atoms. The Kier molecular flexibility index (Phi) is 12.7. The third-order valence-electron chi connectivity index (χ3n) is 8.98. The lowest BCUT2D eigenvalue weighted by atomic mass is 9.91. The smallest absolute Gasteiger partial charge is 0.344 e. The summed E-state index contributed by atoms with van der Waals surface area (Å²) < 4.78 is 35.6. The molecule has 0 aromatic heterocycles. The summed E-state index contributed by atoms with van der Waals surface area (Å²) in [6.07, 6.45) is 1.35. The van der Waals surface area contributed by atoms with Crippen molar-refractivity contribution in [3.8, 4) is 23.0 Å². The first kappa shape index (κ1) is 37.7. The van der Waals surface area contributed by atoms with Crippen LogP contribution in [0.4, 0.5) is 0 Å². The molecule has 0 atom stereocenters. The first-order valence-electron chi connectivity index (χ1n) is 18.1. The number of hydrogen-bond acceptors (Lipinski definition) is 10. The number of esters is 2. The first-order chi connectivity index (χ1) is 26.3. The highest BCUT2D eigenvalue weighted by Gasteiger charge is 2.23. The van der Waals surface area contributed by atoms with Crippen molar-refractivity contribution in [1.82, 2.24) is 10.6 Å². The number of fused-ring (bicyclic) bond motifs is 2. The summed E-state index contributed by atoms with van der Waals surface area (Å²) in [7, 11) is 0. The molecule has 282 valence electrons. The highest BCUT2D eigenvalue weighted by atomic mass is 16.6. The van der Waals surface area contributed by atoms with E-state index in [0.717, 1.165) is 44.5 Å². The van der Waals surface area contributed by atoms with Gasteiger partial charge in [-0.25, -0.2) is 9.59 Å². The van der Waals surface area contributed by atoms with Crippen molar-refractivity contribution in [2.75, 3.05) is 52.7 Å². The van der Waals surface area contributed by atoms with Gasteiger partial charge in [0, 0.05) is 38.8 Å². The van der Waals surface area contributed by atoms with Crippen molar-refractivity contribution < 1.29 is 47.6 Å². The van der Waals surface area contributed by atoms with Crippen LogP contribution in [0.2, 0.25) is 0 Å². The fraction of sp³-hybridized carbons (Fsp3) is 0.333. The fourth-order valence-corrected chi connectivity index (χ4v) is 6.68. The maximum atomic E-state index is 13.0. The topological polar surface area (TPSA) is 148 Å². The summed E-state index contributed by atoms with van der Waals surface area (Å²) in [6.45, 7) is 3.15. The van der Waals surface area contributed by atoms with Gasteiger partial charge in [-0.3, -0.25) is 9.59 Å². The molecule has 2 aliphatic rings. The Labute approximate surface area is 314 Å². The predicted molar refractivity (Wildman–Crippen MR) is 198 cm³/mol. The number of hydrogen-bond donors (Lipinski definition) is 2. The average molecular weight is 737 g/mol. The molecular formula is C42H44N2O10. The SMILES string of the molecule is CCOC(=O)COc1c2cccc1Cc1cccc3c1OCC(=O)NCCNC(=O)COc1c(cccc1Cc1cccc(c1OCC(=O)OCC)C3)C2. The Balaban J connectivity index is 1.57. The molecule has 2 N–H and O–H groups in total. The fourth-order valence-electron chi connectivity index (χ4n) is 6.68. The van der Waals surface area contributed by atoms with Gasteiger partial charge in [-0.1, -0.05) is 72.8 Å². The first-order valence-corrected chi connectivity index (χ1v) is 18.1. The van der Waals surface area contributed by atoms with E-state index in [1.807, 2.05) is 72.8 Å². The summed E-state index contributed by atoms with van der Waals surface area (Å²) in [6, 6.07) is 23.2. The van der Waals surface area contributed by atoms with E-state index >= 15 is 0 Å². The van der Waals surface area contributed by atoms with Gasteiger partial charge in [0.25, 0.3) is 11.8 Å². The number of amides is 2. The van der Waals surface area contributed by atoms with E-state index in [9.17, 15) is 19.2 Å². The zero-order chi connectivity index (χ0) is 37.9. The maximum Gasteiger partial charge on any atom is 0.344 e. The van der Waals surface area contributed by atoms with E-state index in [0.29, 0.717) is 48.7 Å². The molecule has 10 bridgehead atoms. The number of rotatable bonds is 8. The van der Waals surface area contributed by atoms with Crippen LogP contribution >= 0.6 is 0 Å². The van der Waals surface area contributed by atoms with Gasteiger partial charge in [-0.15, -0.1) is 0 Å². The van der Waals surface area contributed by atoms with E-state index < -0.39 is 11.9 Å². The number of benzene rings is 4. The summed E-state index contributed by atoms with van der Waals surface area (Å²) >= 11 is 0. The Morgan fingerprint density at radius 3 is 1.17 bits per heavy atom. The minimum Gasteiger partial charge on any atom is -0.483 e. The van der Waals surface area contributed by atoms with Crippen molar-refractivity contribution in [3.63, 3.8) is 0 Å². The summed E-state index contributed by atoms with van der Waals surface area (Å²) in [5, 5.41) is 5.60. The predicted octanol–water partition coefficient (Wildman–Crippen LogP) is 4.25. The number of carbonyl (C=O) groups is 4. The molecule has 4 aromatic rings. The number of para-hydroxylation sites is 4. The molecule has 54 heavy (non-hydrogen) atoms. The minimum absolute atomic E-state index is 0.199. The van der Waals surface area contributed by atoms with Crippen LogP contribution < -0.4 is 29.6 Å². The lowest BCUT2D eigenvalue weighted by Gasteiger charge is -2.22. The van der Waals surface area contributed by atoms with Crippen LogP contribution in [0.1, 0.15) is 58.4 Å². The molecular weight excluding hydrogens is 692 g/mol. The quantitative estimate of drug-likeness (QED) is 0.222. The van der Waals surface area contributed by atoms with Crippen LogP contribution in [-0.2, 0) is 54.3 Å². The summed E-state index contributed by atoms with van der Waals surface area (Å²) in [4.78, 5) is 51.2. The molecule has 1 aliphatic heterocycles. The van der Waals surface area contributed by atoms with E-state index in [-0.39, 0.29) is 64.5 Å². The average Bonchev–Trinajstić information content (AvgIpc) is 3.15. The molecule has 12 nitrogen and oxygen atoms in total. The largest absolute Gasteiger partial charge is 0.483 e. The van der Waals surface area contributed by atoms with Crippen molar-refractivity contribution in [1.29, 1.82) is 0 Å². The molecule has 0 unspecified atom stereocenters. The van der Waals surface area contributed by atoms with Crippen molar-refractivity contribution in [2.45, 2.75) is 39.5 Å². The van der Waals surface area contributed by atoms with Gasteiger partial charge >= 0.3 is 11.9 Å². The molecule has 0 saturated heterocycles. The molecule has 2 amide bonds. The molecule has 12 heteroatoms. The second kappa shape index (κ2) is 18.1. The van der Waals surface area contributed by atoms with Crippen LogP contribution in [0.15, 0.2) is 72.8 Å². The highest BCUT2D eigenvalue weighted by Crippen LogP contribution is 2.39. The number of ether oxygens (including phenoxy) is 6. The van der Waals surface area contributed by atoms with Crippen LogP contribution in [0.3, 0.4) is 0 Å². The van der Waals surface area contributed by atoms with Crippen molar-refractivity contribution in [2.24, 2.45) is 0 Å². The normalized spacial score (nSPS) is 14.3. The lowest BCUT2D eigenvalue weighted by Crippen LogP contribution is -2.38. The van der Waals surface area contributed by atoms with E-state index in [1.54, 1.807) is 13.8 Å². The lowest BCUT2D eigenvalue weighted by molar-refractivity contribution is -0.146. The van der Waals surface area contributed by atoms with Crippen LogP contribution in [0, 0.1) is 0 Å². The van der Waals surface area contributed by atoms with Crippen molar-refractivity contribution in [3.05, 3.63) is 117 Å². The van der Waals surface area contributed by atoms with Gasteiger partial charge in [-0.2, -0.15) is 0 Å². The zero-order valence-electron chi connectivity index (χ0n) is 30.5. The van der Waals surface area contributed by atoms with Gasteiger partial charge in [-0.05, 0) is 58.4 Å². The number of nitrogens with one attached hydrogen (secondary N) is 2. The van der Waals surface area contributed by atoms with Gasteiger partial charge < -0.3 is 39.1 Å². The molecule has 0 fully saturated rings. The second-order valence-electron chi connectivity index (χ2n) is 12.8. The Morgan fingerprint density at radius 2 is 0.852 bits per heavy atom. The summed E-state index contributed by atoms with van der Waals surface area (Å²) in [5.41, 5.74) is 6.27. The monoisotopic (exact) mass is 736 g/mol. The van der Waals surface area contributed by atoms with Crippen LogP contribution in [0.25, 0.3) is 0 Å². The number of carbonyl (C=O) groups excluding carboxylic acids is 4. The molecule has 1 heterocycles. The van der Waals surface area contributed by atoms with Gasteiger partial charge in [0.2, 0.25) is 0 Å². The van der Waals surface area contributed by atoms with Gasteiger partial charge in [0.15, 0.2) is 26.4 Å². The Hall–Kier alpha value is -6.04. The van der Waals surface area contributed by atoms with E-state index in [1.165, 1.54) is 0 Å². The van der Waals surface area contributed by atoms with E-state index in [2.05, 4.69) is 10.6 Å². The van der Waals surface area contributed by atoms with Crippen LogP contribution in [-0.4, -0.2) is 76.5 Å². The second-order valence-corrected chi connectivity index (χ2v) is 12.8. The standard InChI is InChI=1S/C42H44N2O10/c1-3-49-37(47)25-53-41-31-13-7-14-32(41)20-28-10-6-12-30-22-34-16-8-15-33(42(34)54-26-38(48)50-4-2)21-29-11-5-9-27(19-31)39(29)51-23-35(45)43-17-18-44-36(46)24-52-40(28)30/h5-16H,3-4,17-26H2,1-2H3,(H,43,45)(H,44,46). The molecule has 0 saturated carbocycles. The van der Waals surface area contributed by atoms with Gasteiger partial charge in [0.05, 0.1) is 13.2 Å². The molecule has 4 aromatic carbocycles. The molecule has 0 radical (unpaired) electrons. The maximum absolute atomic E-state index is 13.0. The highest BCUT2D eigenvalue weighted by molar-refractivity contribution is 5.79. The zero-order valence-corrected chi connectivity index (χ0v) is 30.5. The van der Waals surface area contributed by atoms with E-state index in [4.69, 9.17) is 28.4 Å². The molecule has 6 rings (SSSR count). The molecule has 1 aliphatic carbocycles. The third kappa shape index (κ3) is 9.49. The third-order valence-corrected chi connectivity index (χ3v) is 8.98. The Morgan fingerprint density at radius 1 is 0.537 bits per heavy atom. The Bertz CT molecular complexity index is 1780. The summed E-state index contributed by atoms with van der Waals surface area (Å²) in [5.74, 6) is 0.320. The van der Waals surface area contributed by atoms with Crippen molar-refractivity contribution >= 4 is 23.8 Å². The van der Waals surface area contributed by atoms with Crippen LogP contribution in [0.5, 0.6) is 23.0 Å². The van der Waals surface area contributed by atoms with Gasteiger partial charge in [0.1, 0.15) is 23.0 Å². The minimum atomic E-state index is -0.498.